The summed E-state index contributed by atoms with van der Waals surface area (Å²) in [5, 5.41) is 5.18. The van der Waals surface area contributed by atoms with E-state index in [-0.39, 0.29) is 5.91 Å². The highest BCUT2D eigenvalue weighted by Crippen LogP contribution is 2.36. The average molecular weight is 269 g/mol. The Labute approximate surface area is 111 Å². The summed E-state index contributed by atoms with van der Waals surface area (Å²) >= 11 is 3.32. The van der Waals surface area contributed by atoms with Crippen LogP contribution in [0.15, 0.2) is 21.7 Å². The Bertz CT molecular complexity index is 373. The highest BCUT2D eigenvalue weighted by Gasteiger charge is 2.31. The van der Waals surface area contributed by atoms with Gasteiger partial charge < -0.3 is 5.32 Å². The van der Waals surface area contributed by atoms with Gasteiger partial charge in [0.1, 0.15) is 0 Å². The highest BCUT2D eigenvalue weighted by molar-refractivity contribution is 8.01. The predicted molar refractivity (Wildman–Crippen MR) is 74.6 cm³/mol. The quantitative estimate of drug-likeness (QED) is 0.847. The van der Waals surface area contributed by atoms with Crippen LogP contribution in [0.1, 0.15) is 33.1 Å². The van der Waals surface area contributed by atoms with Crippen LogP contribution in [-0.2, 0) is 4.79 Å². The van der Waals surface area contributed by atoms with Crippen molar-refractivity contribution in [3.05, 3.63) is 17.5 Å². The fourth-order valence-electron chi connectivity index (χ4n) is 2.31. The number of thioether (sulfide) groups is 1. The molecule has 1 unspecified atom stereocenters. The molecule has 2 rings (SSSR count). The lowest BCUT2D eigenvalue weighted by Crippen LogP contribution is -2.34. The summed E-state index contributed by atoms with van der Waals surface area (Å²) in [4.78, 5) is 11.8. The number of carbonyl (C=O) groups excluding carboxylic acids is 1. The van der Waals surface area contributed by atoms with E-state index >= 15 is 0 Å². The smallest absolute Gasteiger partial charge is 0.230 e. The number of nitrogens with one attached hydrogen (secondary N) is 1. The first kappa shape index (κ1) is 13.0. The Hall–Kier alpha value is -0.480. The zero-order valence-corrected chi connectivity index (χ0v) is 12.0. The maximum Gasteiger partial charge on any atom is 0.230 e. The van der Waals surface area contributed by atoms with E-state index in [0.717, 1.165) is 12.8 Å². The maximum absolute atomic E-state index is 11.8. The van der Waals surface area contributed by atoms with Crippen LogP contribution >= 0.6 is 23.1 Å². The van der Waals surface area contributed by atoms with Crippen LogP contribution in [-0.4, -0.2) is 17.7 Å². The molecule has 0 spiro atoms. The number of thiophene rings is 1. The molecule has 1 heterocycles. The topological polar surface area (TPSA) is 29.1 Å². The van der Waals surface area contributed by atoms with Gasteiger partial charge in [-0.15, -0.1) is 23.1 Å². The zero-order valence-electron chi connectivity index (χ0n) is 10.4. The van der Waals surface area contributed by atoms with Crippen LogP contribution < -0.4 is 5.32 Å². The third-order valence-corrected chi connectivity index (χ3v) is 5.31. The van der Waals surface area contributed by atoms with Gasteiger partial charge in [-0.2, -0.15) is 0 Å². The van der Waals surface area contributed by atoms with Crippen molar-refractivity contribution in [3.63, 3.8) is 0 Å². The molecule has 1 aromatic rings. The summed E-state index contributed by atoms with van der Waals surface area (Å²) in [6.45, 7) is 4.55. The van der Waals surface area contributed by atoms with E-state index in [0.29, 0.717) is 17.2 Å². The van der Waals surface area contributed by atoms with Gasteiger partial charge >= 0.3 is 0 Å². The summed E-state index contributed by atoms with van der Waals surface area (Å²) < 4.78 is 1.21. The van der Waals surface area contributed by atoms with E-state index in [1.54, 1.807) is 23.1 Å². The molecule has 1 amide bonds. The van der Waals surface area contributed by atoms with Crippen LogP contribution in [0.5, 0.6) is 0 Å². The van der Waals surface area contributed by atoms with E-state index in [9.17, 15) is 4.79 Å². The van der Waals surface area contributed by atoms with Crippen molar-refractivity contribution in [2.45, 2.75) is 43.4 Å². The molecule has 1 aromatic heterocycles. The van der Waals surface area contributed by atoms with Gasteiger partial charge in [-0.05, 0) is 36.1 Å². The van der Waals surface area contributed by atoms with Crippen LogP contribution in [0, 0.1) is 5.41 Å². The molecule has 0 aromatic carbocycles. The van der Waals surface area contributed by atoms with Crippen LogP contribution in [0.4, 0.5) is 0 Å². The molecule has 1 aliphatic rings. The van der Waals surface area contributed by atoms with Gasteiger partial charge in [-0.3, -0.25) is 4.79 Å². The molecule has 0 radical (unpaired) electrons. The molecule has 94 valence electrons. The Morgan fingerprint density at radius 1 is 1.65 bits per heavy atom. The molecule has 1 saturated carbocycles. The first-order chi connectivity index (χ1) is 8.05. The van der Waals surface area contributed by atoms with Crippen molar-refractivity contribution in [3.8, 4) is 0 Å². The summed E-state index contributed by atoms with van der Waals surface area (Å²) in [5.41, 5.74) is 0.402. The van der Waals surface area contributed by atoms with Crippen molar-refractivity contribution < 1.29 is 4.79 Å². The van der Waals surface area contributed by atoms with Crippen molar-refractivity contribution >= 4 is 29.0 Å². The van der Waals surface area contributed by atoms with Crippen LogP contribution in [0.2, 0.25) is 0 Å². The normalized spacial score (nSPS) is 22.6. The van der Waals surface area contributed by atoms with Gasteiger partial charge in [0.05, 0.1) is 9.96 Å². The van der Waals surface area contributed by atoms with Gasteiger partial charge in [0, 0.05) is 6.04 Å². The third kappa shape index (κ3) is 4.03. The average Bonchev–Trinajstić information content (AvgIpc) is 2.85. The molecule has 4 heteroatoms. The van der Waals surface area contributed by atoms with Gasteiger partial charge in [-0.1, -0.05) is 19.9 Å². The minimum absolute atomic E-state index is 0.172. The molecule has 1 N–H and O–H groups in total. The molecule has 1 atom stereocenters. The second kappa shape index (κ2) is 5.44. The van der Waals surface area contributed by atoms with Gasteiger partial charge in [0.25, 0.3) is 0 Å². The predicted octanol–water partition coefficient (Wildman–Crippen LogP) is 3.54. The van der Waals surface area contributed by atoms with Crippen molar-refractivity contribution in [1.82, 2.24) is 5.32 Å². The lowest BCUT2D eigenvalue weighted by Gasteiger charge is -2.17. The fourth-order valence-corrected chi connectivity index (χ4v) is 3.91. The maximum atomic E-state index is 11.8. The Morgan fingerprint density at radius 2 is 2.47 bits per heavy atom. The minimum Gasteiger partial charge on any atom is -0.353 e. The Kier molecular flexibility index (Phi) is 4.15. The summed E-state index contributed by atoms with van der Waals surface area (Å²) in [7, 11) is 0. The summed E-state index contributed by atoms with van der Waals surface area (Å²) in [6, 6.07) is 4.47. The molecule has 0 aliphatic heterocycles. The van der Waals surface area contributed by atoms with E-state index in [4.69, 9.17) is 0 Å². The summed E-state index contributed by atoms with van der Waals surface area (Å²) in [5.74, 6) is 0.711. The number of rotatable bonds is 4. The monoisotopic (exact) mass is 269 g/mol. The van der Waals surface area contributed by atoms with E-state index in [1.807, 2.05) is 11.4 Å². The third-order valence-electron chi connectivity index (χ3n) is 3.17. The standard InChI is InChI=1S/C13H19NOS2/c1-13(2)6-5-10(8-13)14-11(15)9-17-12-4-3-7-16-12/h3-4,7,10H,5-6,8-9H2,1-2H3,(H,14,15). The molecule has 0 bridgehead atoms. The minimum atomic E-state index is 0.172. The highest BCUT2D eigenvalue weighted by atomic mass is 32.2. The molecule has 17 heavy (non-hydrogen) atoms. The number of amides is 1. The lowest BCUT2D eigenvalue weighted by molar-refractivity contribution is -0.119. The zero-order chi connectivity index (χ0) is 12.3. The Balaban J connectivity index is 1.71. The molecule has 1 aliphatic carbocycles. The molecule has 0 saturated heterocycles. The van der Waals surface area contributed by atoms with Crippen LogP contribution in [0.3, 0.4) is 0 Å². The van der Waals surface area contributed by atoms with E-state index in [2.05, 4.69) is 25.2 Å². The SMILES string of the molecule is CC1(C)CCC(NC(=O)CSc2cccs2)C1. The van der Waals surface area contributed by atoms with Gasteiger partial charge in [-0.25, -0.2) is 0 Å². The Morgan fingerprint density at radius 3 is 3.06 bits per heavy atom. The first-order valence-electron chi connectivity index (χ1n) is 6.01. The molecular formula is C13H19NOS2. The second-order valence-corrected chi connectivity index (χ2v) is 7.62. The lowest BCUT2D eigenvalue weighted by atomic mass is 9.92. The summed E-state index contributed by atoms with van der Waals surface area (Å²) in [6.07, 6.45) is 3.46. The van der Waals surface area contributed by atoms with E-state index < -0.39 is 0 Å². The van der Waals surface area contributed by atoms with Gasteiger partial charge in [0.15, 0.2) is 0 Å². The van der Waals surface area contributed by atoms with E-state index in [1.165, 1.54) is 10.6 Å². The van der Waals surface area contributed by atoms with Crippen molar-refractivity contribution in [2.24, 2.45) is 5.41 Å². The largest absolute Gasteiger partial charge is 0.353 e. The first-order valence-corrected chi connectivity index (χ1v) is 7.87. The van der Waals surface area contributed by atoms with Crippen LogP contribution in [0.25, 0.3) is 0 Å². The molecular weight excluding hydrogens is 250 g/mol. The number of hydrogen-bond acceptors (Lipinski definition) is 3. The number of carbonyl (C=O) groups is 1. The molecule has 2 nitrogen and oxygen atoms in total. The van der Waals surface area contributed by atoms with Crippen molar-refractivity contribution in [2.75, 3.05) is 5.75 Å². The number of hydrogen-bond donors (Lipinski definition) is 1. The van der Waals surface area contributed by atoms with Crippen molar-refractivity contribution in [1.29, 1.82) is 0 Å². The fraction of sp³-hybridized carbons (Fsp3) is 0.615. The molecule has 1 fully saturated rings. The second-order valence-electron chi connectivity index (χ2n) is 5.39. The van der Waals surface area contributed by atoms with Gasteiger partial charge in [0.2, 0.25) is 5.91 Å².